The van der Waals surface area contributed by atoms with E-state index in [2.05, 4.69) is 0 Å². The molecule has 1 saturated carbocycles. The second kappa shape index (κ2) is 7.85. The van der Waals surface area contributed by atoms with Crippen LogP contribution in [0, 0.1) is 11.8 Å². The minimum Gasteiger partial charge on any atom is -0.508 e. The number of anilines is 1. The van der Waals surface area contributed by atoms with Gasteiger partial charge < -0.3 is 31.1 Å². The van der Waals surface area contributed by atoms with Gasteiger partial charge in [0.05, 0.1) is 11.6 Å². The van der Waals surface area contributed by atoms with Gasteiger partial charge in [0.15, 0.2) is 11.4 Å². The van der Waals surface area contributed by atoms with Crippen molar-refractivity contribution in [2.75, 3.05) is 32.6 Å². The first-order valence-corrected chi connectivity index (χ1v) is 11.1. The highest BCUT2D eigenvalue weighted by molar-refractivity contribution is 6.24. The number of likely N-dealkylation sites (N-methyl/N-ethyl adjacent to an activating group) is 1. The second-order valence-electron chi connectivity index (χ2n) is 9.43. The molecule has 0 unspecified atom stereocenters. The number of carbonyl (C=O) groups is 3. The van der Waals surface area contributed by atoms with E-state index in [1.54, 1.807) is 20.2 Å². The van der Waals surface area contributed by atoms with Gasteiger partial charge in [-0.2, -0.15) is 0 Å². The smallest absolute Gasteiger partial charge is 0.255 e. The fourth-order valence-electron chi connectivity index (χ4n) is 5.76. The van der Waals surface area contributed by atoms with Gasteiger partial charge >= 0.3 is 0 Å². The molecule has 3 aliphatic carbocycles. The zero-order chi connectivity index (χ0) is 25.3. The van der Waals surface area contributed by atoms with E-state index in [1.807, 2.05) is 18.9 Å². The Bertz CT molecular complexity index is 1190. The normalized spacial score (nSPS) is 28.6. The summed E-state index contributed by atoms with van der Waals surface area (Å²) < 4.78 is 0. The van der Waals surface area contributed by atoms with Gasteiger partial charge in [-0.25, -0.2) is 0 Å². The van der Waals surface area contributed by atoms with Crippen molar-refractivity contribution in [1.82, 2.24) is 4.90 Å². The number of nitrogens with two attached hydrogens (primary N) is 1. The highest BCUT2D eigenvalue weighted by atomic mass is 16.3. The lowest BCUT2D eigenvalue weighted by Crippen LogP contribution is -2.65. The zero-order valence-corrected chi connectivity index (χ0v) is 19.5. The number of nitrogens with zero attached hydrogens (tertiary/aromatic N) is 2. The van der Waals surface area contributed by atoms with Crippen LogP contribution in [-0.4, -0.2) is 82.1 Å². The van der Waals surface area contributed by atoms with E-state index in [0.717, 1.165) is 5.69 Å². The van der Waals surface area contributed by atoms with E-state index < -0.39 is 58.0 Å². The molecule has 6 N–H and O–H groups in total. The van der Waals surface area contributed by atoms with Crippen molar-refractivity contribution in [1.29, 1.82) is 0 Å². The van der Waals surface area contributed by atoms with Crippen LogP contribution < -0.4 is 10.6 Å². The number of fused-ring (bicyclic) bond motifs is 3. The number of hydrogen-bond donors (Lipinski definition) is 5. The van der Waals surface area contributed by atoms with Crippen LogP contribution in [0.4, 0.5) is 5.69 Å². The van der Waals surface area contributed by atoms with E-state index in [0.29, 0.717) is 12.1 Å². The number of aromatic hydroxyl groups is 1. The Kier molecular flexibility index (Phi) is 5.49. The number of hydrogen-bond acceptors (Lipinski definition) is 9. The molecule has 1 fully saturated rings. The number of carbonyl (C=O) groups excluding carboxylic acids is 3. The summed E-state index contributed by atoms with van der Waals surface area (Å²) in [6.07, 6.45) is 0.333. The summed E-state index contributed by atoms with van der Waals surface area (Å²) in [5, 5.41) is 44.1. The molecule has 0 heterocycles. The molecule has 34 heavy (non-hydrogen) atoms. The third-order valence-electron chi connectivity index (χ3n) is 7.47. The number of Topliss-reactive ketones (excluding diaryl/α,β-unsaturated/α-hetero) is 2. The maximum absolute atomic E-state index is 13.7. The number of ketones is 2. The highest BCUT2D eigenvalue weighted by Gasteiger charge is 2.64. The molecule has 1 aromatic rings. The summed E-state index contributed by atoms with van der Waals surface area (Å²) in [6.45, 7) is 2.61. The molecule has 0 aromatic heterocycles. The molecular weight excluding hydrogens is 442 g/mol. The zero-order valence-electron chi connectivity index (χ0n) is 19.5. The largest absolute Gasteiger partial charge is 0.508 e. The fraction of sp³-hybridized carbons (Fsp3) is 0.458. The van der Waals surface area contributed by atoms with Gasteiger partial charge in [-0.15, -0.1) is 0 Å². The molecule has 0 radical (unpaired) electrons. The Morgan fingerprint density at radius 1 is 1.18 bits per heavy atom. The molecule has 0 aliphatic heterocycles. The maximum Gasteiger partial charge on any atom is 0.255 e. The number of rotatable bonds is 4. The molecule has 3 aliphatic rings. The van der Waals surface area contributed by atoms with Crippen LogP contribution in [0.3, 0.4) is 0 Å². The minimum atomic E-state index is -2.63. The number of aliphatic hydroxyl groups excluding tert-OH is 2. The van der Waals surface area contributed by atoms with E-state index >= 15 is 0 Å². The third kappa shape index (κ3) is 2.98. The first kappa shape index (κ1) is 23.8. The molecule has 4 rings (SSSR count). The van der Waals surface area contributed by atoms with Crippen molar-refractivity contribution in [2.45, 2.75) is 31.4 Å². The van der Waals surface area contributed by atoms with Gasteiger partial charge in [-0.3, -0.25) is 19.3 Å². The van der Waals surface area contributed by atoms with E-state index in [1.165, 1.54) is 11.0 Å². The summed E-state index contributed by atoms with van der Waals surface area (Å²) in [6, 6.07) is 2.06. The predicted octanol–water partition coefficient (Wildman–Crippen LogP) is 0.420. The van der Waals surface area contributed by atoms with Crippen LogP contribution in [0.25, 0.3) is 5.76 Å². The number of phenols is 1. The van der Waals surface area contributed by atoms with Gasteiger partial charge in [0.25, 0.3) is 5.91 Å². The second-order valence-corrected chi connectivity index (χ2v) is 9.43. The summed E-state index contributed by atoms with van der Waals surface area (Å²) in [4.78, 5) is 42.2. The van der Waals surface area contributed by atoms with Gasteiger partial charge in [-0.05, 0) is 57.5 Å². The lowest BCUT2D eigenvalue weighted by molar-refractivity contribution is -0.153. The molecule has 0 bridgehead atoms. The summed E-state index contributed by atoms with van der Waals surface area (Å²) in [5.74, 6) is -6.52. The number of amides is 1. The molecule has 4 atom stereocenters. The molecule has 0 spiro atoms. The fourth-order valence-corrected chi connectivity index (χ4v) is 5.76. The Morgan fingerprint density at radius 3 is 2.38 bits per heavy atom. The Labute approximate surface area is 196 Å². The van der Waals surface area contributed by atoms with E-state index in [4.69, 9.17) is 5.73 Å². The quantitative estimate of drug-likeness (QED) is 0.391. The third-order valence-corrected chi connectivity index (χ3v) is 7.47. The van der Waals surface area contributed by atoms with Crippen molar-refractivity contribution >= 4 is 28.9 Å². The molecule has 10 nitrogen and oxygen atoms in total. The average molecular weight is 472 g/mol. The first-order chi connectivity index (χ1) is 15.9. The Balaban J connectivity index is 1.98. The van der Waals surface area contributed by atoms with Crippen molar-refractivity contribution in [3.63, 3.8) is 0 Å². The van der Waals surface area contributed by atoms with Crippen LogP contribution in [0.5, 0.6) is 5.75 Å². The van der Waals surface area contributed by atoms with Crippen LogP contribution >= 0.6 is 0 Å². The summed E-state index contributed by atoms with van der Waals surface area (Å²) in [5.41, 5.74) is 3.23. The number of aliphatic hydroxyl groups is 3. The van der Waals surface area contributed by atoms with Crippen molar-refractivity contribution < 1.29 is 34.8 Å². The van der Waals surface area contributed by atoms with Gasteiger partial charge in [0.1, 0.15) is 22.8 Å². The average Bonchev–Trinajstić information content (AvgIpc) is 2.75. The number of primary amides is 1. The molecular formula is C24H29N3O7. The van der Waals surface area contributed by atoms with Crippen LogP contribution in [0.15, 0.2) is 29.0 Å². The molecule has 10 heteroatoms. The van der Waals surface area contributed by atoms with Crippen LogP contribution in [-0.2, 0) is 20.8 Å². The summed E-state index contributed by atoms with van der Waals surface area (Å²) >= 11 is 0. The standard InChI is InChI=1S/C24H29N3O7/c1-5-27(4)13-6-7-14(28)16-11(13)8-10-9-12-18(26(2)3)20(30)17(23(25)33)22(32)24(12,34)21(31)15(10)19(16)29/h6-7,10,12,18,28-29,32,34H,5,8-9H2,1-4H3,(H2,25,33)/t10-,12-,18-,24-/m0/s1. The number of phenolic OH excluding ortho intramolecular Hbond substituents is 1. The highest BCUT2D eigenvalue weighted by Crippen LogP contribution is 2.53. The van der Waals surface area contributed by atoms with Gasteiger partial charge in [0.2, 0.25) is 5.78 Å². The molecule has 182 valence electrons. The predicted molar refractivity (Wildman–Crippen MR) is 123 cm³/mol. The molecule has 0 saturated heterocycles. The Morgan fingerprint density at radius 2 is 1.82 bits per heavy atom. The Hall–Kier alpha value is -3.37. The van der Waals surface area contributed by atoms with Crippen molar-refractivity contribution in [2.24, 2.45) is 17.6 Å². The van der Waals surface area contributed by atoms with Crippen molar-refractivity contribution in [3.05, 3.63) is 40.2 Å². The minimum absolute atomic E-state index is 0.0662. The maximum atomic E-state index is 13.7. The summed E-state index contributed by atoms with van der Waals surface area (Å²) in [7, 11) is 5.00. The SMILES string of the molecule is CCN(C)c1ccc(O)c2c1C[C@H]1C[C@H]3[C@H](N(C)C)C(=O)C(C(N)=O)=C(O)[C@@]3(O)C(=O)C1=C2O. The topological polar surface area (TPSA) is 165 Å². The van der Waals surface area contributed by atoms with Crippen molar-refractivity contribution in [3.8, 4) is 5.75 Å². The number of benzene rings is 1. The monoisotopic (exact) mass is 471 g/mol. The first-order valence-electron chi connectivity index (χ1n) is 11.1. The van der Waals surface area contributed by atoms with Crippen LogP contribution in [0.1, 0.15) is 24.5 Å². The molecule has 1 aromatic carbocycles. The van der Waals surface area contributed by atoms with Gasteiger partial charge in [-0.1, -0.05) is 0 Å². The lowest BCUT2D eigenvalue weighted by Gasteiger charge is -2.50. The van der Waals surface area contributed by atoms with Gasteiger partial charge in [0, 0.05) is 30.8 Å². The van der Waals surface area contributed by atoms with E-state index in [-0.39, 0.29) is 29.7 Å². The van der Waals surface area contributed by atoms with E-state index in [9.17, 15) is 34.8 Å². The lowest BCUT2D eigenvalue weighted by atomic mass is 9.57. The van der Waals surface area contributed by atoms with Crippen LogP contribution in [0.2, 0.25) is 0 Å². The molecule has 1 amide bonds.